The Morgan fingerprint density at radius 3 is 2.40 bits per heavy atom. The van der Waals surface area contributed by atoms with Gasteiger partial charge in [-0.3, -0.25) is 0 Å². The lowest BCUT2D eigenvalue weighted by Gasteiger charge is -1.95. The van der Waals surface area contributed by atoms with Crippen molar-refractivity contribution in [3.05, 3.63) is 77.6 Å². The number of hydrogen-bond acceptors (Lipinski definition) is 2. The molecule has 0 aliphatic heterocycles. The van der Waals surface area contributed by atoms with Crippen LogP contribution in [-0.4, -0.2) is 5.16 Å². The largest absolute Gasteiger partial charge is 0.356 e. The number of aromatic nitrogens is 1. The molecule has 0 N–H and O–H groups in total. The fourth-order valence-corrected chi connectivity index (χ4v) is 1.97. The van der Waals surface area contributed by atoms with Crippen molar-refractivity contribution in [3.8, 4) is 11.3 Å². The van der Waals surface area contributed by atoms with Gasteiger partial charge in [0.1, 0.15) is 5.69 Å². The summed E-state index contributed by atoms with van der Waals surface area (Å²) in [5.41, 5.74) is 4.30. The summed E-state index contributed by atoms with van der Waals surface area (Å²) in [6.07, 6.45) is 3.94. The SMILES string of the molecule is Cc1ccc(-c2cc(C=Cc3ccccc3)on2)cc1. The Morgan fingerprint density at radius 2 is 1.65 bits per heavy atom. The monoisotopic (exact) mass is 261 g/mol. The molecule has 20 heavy (non-hydrogen) atoms. The van der Waals surface area contributed by atoms with Gasteiger partial charge in [0, 0.05) is 11.6 Å². The summed E-state index contributed by atoms with van der Waals surface area (Å²) >= 11 is 0. The number of benzene rings is 2. The average Bonchev–Trinajstić information content (AvgIpc) is 2.96. The smallest absolute Gasteiger partial charge is 0.160 e. The molecule has 2 nitrogen and oxygen atoms in total. The summed E-state index contributed by atoms with van der Waals surface area (Å²) in [5, 5.41) is 4.10. The summed E-state index contributed by atoms with van der Waals surface area (Å²) in [4.78, 5) is 0. The zero-order chi connectivity index (χ0) is 13.8. The van der Waals surface area contributed by atoms with E-state index in [0.717, 1.165) is 22.6 Å². The summed E-state index contributed by atoms with van der Waals surface area (Å²) in [5.74, 6) is 0.754. The summed E-state index contributed by atoms with van der Waals surface area (Å²) in [6.45, 7) is 2.07. The summed E-state index contributed by atoms with van der Waals surface area (Å²) in [6, 6.07) is 20.3. The first kappa shape index (κ1) is 12.4. The lowest BCUT2D eigenvalue weighted by atomic mass is 10.1. The first-order valence-electron chi connectivity index (χ1n) is 6.58. The van der Waals surface area contributed by atoms with Crippen molar-refractivity contribution in [2.45, 2.75) is 6.92 Å². The maximum atomic E-state index is 5.33. The highest BCUT2D eigenvalue weighted by Gasteiger charge is 2.03. The van der Waals surface area contributed by atoms with E-state index in [1.165, 1.54) is 5.56 Å². The Morgan fingerprint density at radius 1 is 0.900 bits per heavy atom. The van der Waals surface area contributed by atoms with E-state index in [1.807, 2.05) is 48.6 Å². The molecule has 0 fully saturated rings. The lowest BCUT2D eigenvalue weighted by Crippen LogP contribution is -1.76. The topological polar surface area (TPSA) is 26.0 Å². The molecule has 0 unspecified atom stereocenters. The third-order valence-electron chi connectivity index (χ3n) is 3.12. The van der Waals surface area contributed by atoms with E-state index >= 15 is 0 Å². The van der Waals surface area contributed by atoms with Gasteiger partial charge in [-0.05, 0) is 18.6 Å². The minimum Gasteiger partial charge on any atom is -0.356 e. The van der Waals surface area contributed by atoms with Crippen LogP contribution >= 0.6 is 0 Å². The molecular weight excluding hydrogens is 246 g/mol. The normalized spacial score (nSPS) is 11.1. The van der Waals surface area contributed by atoms with Crippen molar-refractivity contribution in [1.29, 1.82) is 0 Å². The molecule has 0 atom stereocenters. The quantitative estimate of drug-likeness (QED) is 0.675. The minimum atomic E-state index is 0.754. The van der Waals surface area contributed by atoms with Gasteiger partial charge in [-0.1, -0.05) is 71.4 Å². The molecule has 0 aliphatic carbocycles. The van der Waals surface area contributed by atoms with Crippen molar-refractivity contribution in [2.24, 2.45) is 0 Å². The van der Waals surface area contributed by atoms with Gasteiger partial charge in [-0.25, -0.2) is 0 Å². The van der Waals surface area contributed by atoms with E-state index < -0.39 is 0 Å². The third-order valence-corrected chi connectivity index (χ3v) is 3.12. The van der Waals surface area contributed by atoms with Gasteiger partial charge in [-0.2, -0.15) is 0 Å². The molecule has 0 amide bonds. The number of rotatable bonds is 3. The maximum absolute atomic E-state index is 5.33. The molecule has 3 rings (SSSR count). The zero-order valence-corrected chi connectivity index (χ0v) is 11.3. The van der Waals surface area contributed by atoms with Gasteiger partial charge in [0.05, 0.1) is 0 Å². The minimum absolute atomic E-state index is 0.754. The van der Waals surface area contributed by atoms with Crippen LogP contribution in [0.25, 0.3) is 23.4 Å². The Labute approximate surface area is 118 Å². The van der Waals surface area contributed by atoms with Crippen LogP contribution in [0.15, 0.2) is 65.2 Å². The van der Waals surface area contributed by atoms with E-state index in [-0.39, 0.29) is 0 Å². The van der Waals surface area contributed by atoms with E-state index in [0.29, 0.717) is 0 Å². The highest BCUT2D eigenvalue weighted by molar-refractivity contribution is 5.70. The van der Waals surface area contributed by atoms with Crippen LogP contribution in [0.4, 0.5) is 0 Å². The van der Waals surface area contributed by atoms with Crippen molar-refractivity contribution in [3.63, 3.8) is 0 Å². The predicted octanol–water partition coefficient (Wildman–Crippen LogP) is 4.82. The molecule has 0 radical (unpaired) electrons. The van der Waals surface area contributed by atoms with E-state index in [4.69, 9.17) is 4.52 Å². The van der Waals surface area contributed by atoms with Crippen molar-refractivity contribution < 1.29 is 4.52 Å². The summed E-state index contributed by atoms with van der Waals surface area (Å²) in [7, 11) is 0. The molecule has 3 aromatic rings. The third kappa shape index (κ3) is 2.86. The van der Waals surface area contributed by atoms with E-state index in [1.54, 1.807) is 0 Å². The fourth-order valence-electron chi connectivity index (χ4n) is 1.97. The highest BCUT2D eigenvalue weighted by atomic mass is 16.5. The second kappa shape index (κ2) is 5.57. The second-order valence-electron chi connectivity index (χ2n) is 4.72. The lowest BCUT2D eigenvalue weighted by molar-refractivity contribution is 0.415. The number of aryl methyl sites for hydroxylation is 1. The molecule has 2 heteroatoms. The molecule has 1 heterocycles. The van der Waals surface area contributed by atoms with Crippen LogP contribution in [0.3, 0.4) is 0 Å². The van der Waals surface area contributed by atoms with Crippen LogP contribution < -0.4 is 0 Å². The molecule has 1 aromatic heterocycles. The Bertz CT molecular complexity index is 709. The maximum Gasteiger partial charge on any atom is 0.160 e. The predicted molar refractivity (Wildman–Crippen MR) is 82.0 cm³/mol. The van der Waals surface area contributed by atoms with Crippen molar-refractivity contribution >= 4 is 12.2 Å². The van der Waals surface area contributed by atoms with Crippen LogP contribution in [0.5, 0.6) is 0 Å². The standard InChI is InChI=1S/C18H15NO/c1-14-7-10-16(11-8-14)18-13-17(20-19-18)12-9-15-5-3-2-4-6-15/h2-13H,1H3. The van der Waals surface area contributed by atoms with Gasteiger partial charge in [0.25, 0.3) is 0 Å². The molecule has 2 aromatic carbocycles. The number of hydrogen-bond donors (Lipinski definition) is 0. The Hall–Kier alpha value is -2.61. The molecule has 0 saturated carbocycles. The molecule has 0 bridgehead atoms. The molecule has 0 saturated heterocycles. The van der Waals surface area contributed by atoms with Crippen LogP contribution in [0.1, 0.15) is 16.9 Å². The van der Waals surface area contributed by atoms with Crippen LogP contribution in [-0.2, 0) is 0 Å². The van der Waals surface area contributed by atoms with Crippen molar-refractivity contribution in [2.75, 3.05) is 0 Å². The molecule has 98 valence electrons. The Balaban J connectivity index is 1.80. The first-order chi connectivity index (χ1) is 9.81. The summed E-state index contributed by atoms with van der Waals surface area (Å²) < 4.78 is 5.33. The average molecular weight is 261 g/mol. The van der Waals surface area contributed by atoms with E-state index in [9.17, 15) is 0 Å². The van der Waals surface area contributed by atoms with Gasteiger partial charge < -0.3 is 4.52 Å². The molecular formula is C18H15NO. The van der Waals surface area contributed by atoms with Crippen molar-refractivity contribution in [1.82, 2.24) is 5.16 Å². The molecule has 0 spiro atoms. The van der Waals surface area contributed by atoms with E-state index in [2.05, 4.69) is 36.3 Å². The second-order valence-corrected chi connectivity index (χ2v) is 4.72. The molecule has 0 aliphatic rings. The number of nitrogens with zero attached hydrogens (tertiary/aromatic N) is 1. The first-order valence-corrected chi connectivity index (χ1v) is 6.58. The van der Waals surface area contributed by atoms with Crippen LogP contribution in [0.2, 0.25) is 0 Å². The Kier molecular flexibility index (Phi) is 3.46. The van der Waals surface area contributed by atoms with Crippen LogP contribution in [0, 0.1) is 6.92 Å². The fraction of sp³-hybridized carbons (Fsp3) is 0.0556. The van der Waals surface area contributed by atoms with Gasteiger partial charge in [0.15, 0.2) is 5.76 Å². The highest BCUT2D eigenvalue weighted by Crippen LogP contribution is 2.20. The van der Waals surface area contributed by atoms with Gasteiger partial charge in [0.2, 0.25) is 0 Å². The zero-order valence-electron chi connectivity index (χ0n) is 11.3. The van der Waals surface area contributed by atoms with Gasteiger partial charge in [-0.15, -0.1) is 0 Å². The van der Waals surface area contributed by atoms with Gasteiger partial charge >= 0.3 is 0 Å².